The van der Waals surface area contributed by atoms with E-state index >= 15 is 0 Å². The van der Waals surface area contributed by atoms with E-state index in [1.54, 1.807) is 18.2 Å². The number of aromatic nitrogens is 2. The number of imidazole rings is 1. The zero-order valence-electron chi connectivity index (χ0n) is 19.9. The number of hydrogen-bond acceptors (Lipinski definition) is 4. The second-order valence-corrected chi connectivity index (χ2v) is 12.7. The van der Waals surface area contributed by atoms with Crippen molar-refractivity contribution < 1.29 is 27.1 Å². The van der Waals surface area contributed by atoms with Crippen molar-refractivity contribution in [3.8, 4) is 0 Å². The number of piperidine rings is 1. The summed E-state index contributed by atoms with van der Waals surface area (Å²) in [5, 5.41) is 9.33. The molecule has 1 aliphatic heterocycles. The lowest BCUT2D eigenvalue weighted by atomic mass is 9.86. The Labute approximate surface area is 199 Å². The molecular formula is C24H33F2N3O4S. The largest absolute Gasteiger partial charge is 0.481 e. The second-order valence-electron chi connectivity index (χ2n) is 10.8. The molecule has 2 aliphatic rings. The van der Waals surface area contributed by atoms with Crippen molar-refractivity contribution in [2.75, 3.05) is 13.1 Å². The number of carbonyl (C=O) groups is 1. The first kappa shape index (κ1) is 25.0. The molecule has 1 saturated heterocycles. The van der Waals surface area contributed by atoms with Crippen LogP contribution in [0, 0.1) is 11.8 Å². The van der Waals surface area contributed by atoms with Crippen LogP contribution >= 0.6 is 0 Å². The SMILES string of the molecule is CC(C)(C)c1nc2cc(S(=O)(=O)N3CCCC(C(=O)O)C3)ccc2n1CC1CCC(F)(F)CC1. The lowest BCUT2D eigenvalue weighted by molar-refractivity contribution is -0.142. The lowest BCUT2D eigenvalue weighted by Crippen LogP contribution is -2.42. The van der Waals surface area contributed by atoms with Crippen LogP contribution in [0.5, 0.6) is 0 Å². The van der Waals surface area contributed by atoms with Gasteiger partial charge in [-0.1, -0.05) is 20.8 Å². The average molecular weight is 498 g/mol. The highest BCUT2D eigenvalue weighted by Crippen LogP contribution is 2.38. The number of carboxylic acids is 1. The summed E-state index contributed by atoms with van der Waals surface area (Å²) in [6.07, 6.45) is 1.65. The number of nitrogens with zero attached hydrogens (tertiary/aromatic N) is 3. The van der Waals surface area contributed by atoms with Gasteiger partial charge in [0.15, 0.2) is 0 Å². The Balaban J connectivity index is 1.67. The molecule has 4 rings (SSSR count). The van der Waals surface area contributed by atoms with Gasteiger partial charge in [-0.3, -0.25) is 4.79 Å². The van der Waals surface area contributed by atoms with Gasteiger partial charge in [-0.25, -0.2) is 22.2 Å². The number of fused-ring (bicyclic) bond motifs is 1. The van der Waals surface area contributed by atoms with Crippen molar-refractivity contribution in [2.45, 2.75) is 82.1 Å². The van der Waals surface area contributed by atoms with Gasteiger partial charge in [0.25, 0.3) is 0 Å². The van der Waals surface area contributed by atoms with E-state index in [0.717, 1.165) is 11.3 Å². The van der Waals surface area contributed by atoms with Crippen molar-refractivity contribution in [3.05, 3.63) is 24.0 Å². The molecule has 2 aromatic rings. The maximum Gasteiger partial charge on any atom is 0.307 e. The van der Waals surface area contributed by atoms with Crippen LogP contribution in [0.25, 0.3) is 11.0 Å². The fraction of sp³-hybridized carbons (Fsp3) is 0.667. The van der Waals surface area contributed by atoms with E-state index < -0.39 is 27.8 Å². The first-order valence-corrected chi connectivity index (χ1v) is 13.3. The first-order valence-electron chi connectivity index (χ1n) is 11.9. The van der Waals surface area contributed by atoms with Gasteiger partial charge in [0.1, 0.15) is 5.82 Å². The fourth-order valence-corrected chi connectivity index (χ4v) is 6.62. The number of benzene rings is 1. The van der Waals surface area contributed by atoms with Crippen molar-refractivity contribution >= 4 is 27.0 Å². The molecule has 0 radical (unpaired) electrons. The quantitative estimate of drug-likeness (QED) is 0.650. The molecule has 10 heteroatoms. The summed E-state index contributed by atoms with van der Waals surface area (Å²) in [6, 6.07) is 4.83. The van der Waals surface area contributed by atoms with Gasteiger partial charge in [-0.15, -0.1) is 0 Å². The number of halogens is 2. The van der Waals surface area contributed by atoms with Gasteiger partial charge in [0.2, 0.25) is 15.9 Å². The predicted octanol–water partition coefficient (Wildman–Crippen LogP) is 4.64. The minimum Gasteiger partial charge on any atom is -0.481 e. The summed E-state index contributed by atoms with van der Waals surface area (Å²) >= 11 is 0. The molecule has 1 unspecified atom stereocenters. The van der Waals surface area contributed by atoms with Gasteiger partial charge in [-0.2, -0.15) is 4.31 Å². The van der Waals surface area contributed by atoms with E-state index in [0.29, 0.717) is 37.7 Å². The minimum absolute atomic E-state index is 0.0380. The number of carboxylic acid groups (broad SMARTS) is 1. The molecule has 2 fully saturated rings. The van der Waals surface area contributed by atoms with Crippen LogP contribution in [-0.2, 0) is 26.8 Å². The van der Waals surface area contributed by atoms with Crippen molar-refractivity contribution in [2.24, 2.45) is 11.8 Å². The summed E-state index contributed by atoms with van der Waals surface area (Å²) in [6.45, 7) is 6.89. The Morgan fingerprint density at radius 3 is 2.50 bits per heavy atom. The topological polar surface area (TPSA) is 92.5 Å². The number of hydrogen-bond donors (Lipinski definition) is 1. The smallest absolute Gasteiger partial charge is 0.307 e. The van der Waals surface area contributed by atoms with E-state index in [1.807, 2.05) is 20.8 Å². The third-order valence-electron chi connectivity index (χ3n) is 7.04. The molecule has 1 N–H and O–H groups in total. The Morgan fingerprint density at radius 1 is 1.21 bits per heavy atom. The molecule has 188 valence electrons. The Morgan fingerprint density at radius 2 is 1.88 bits per heavy atom. The number of sulfonamides is 1. The molecule has 1 saturated carbocycles. The number of aliphatic carboxylic acids is 1. The Bertz CT molecular complexity index is 1180. The first-order chi connectivity index (χ1) is 15.8. The molecule has 0 spiro atoms. The van der Waals surface area contributed by atoms with Gasteiger partial charge in [0.05, 0.1) is 21.8 Å². The molecule has 0 amide bonds. The van der Waals surface area contributed by atoms with Crippen molar-refractivity contribution in [1.29, 1.82) is 0 Å². The Hall–Kier alpha value is -2.07. The van der Waals surface area contributed by atoms with Crippen LogP contribution in [0.3, 0.4) is 0 Å². The summed E-state index contributed by atoms with van der Waals surface area (Å²) in [5.41, 5.74) is 1.00. The molecule has 1 aromatic heterocycles. The average Bonchev–Trinajstić information content (AvgIpc) is 3.13. The predicted molar refractivity (Wildman–Crippen MR) is 124 cm³/mol. The monoisotopic (exact) mass is 497 g/mol. The number of alkyl halides is 2. The molecule has 2 heterocycles. The normalized spacial score (nSPS) is 22.8. The molecule has 1 atom stereocenters. The molecule has 7 nitrogen and oxygen atoms in total. The third kappa shape index (κ3) is 4.98. The maximum absolute atomic E-state index is 13.6. The standard InChI is InChI=1S/C24H33F2N3O4S/c1-23(2,3)22-27-19-13-18(34(32,33)28-12-4-5-17(15-28)21(30)31)6-7-20(19)29(22)14-16-8-10-24(25,26)11-9-16/h6-7,13,16-17H,4-5,8-12,14-15H2,1-3H3,(H,30,31). The van der Waals surface area contributed by atoms with E-state index in [2.05, 4.69) is 4.57 Å². The zero-order valence-corrected chi connectivity index (χ0v) is 20.7. The summed E-state index contributed by atoms with van der Waals surface area (Å²) < 4.78 is 57.2. The van der Waals surface area contributed by atoms with Crippen LogP contribution < -0.4 is 0 Å². The second kappa shape index (κ2) is 8.86. The van der Waals surface area contributed by atoms with Crippen molar-refractivity contribution in [1.82, 2.24) is 13.9 Å². The van der Waals surface area contributed by atoms with Gasteiger partial charge < -0.3 is 9.67 Å². The lowest BCUT2D eigenvalue weighted by Gasteiger charge is -2.30. The minimum atomic E-state index is -3.86. The van der Waals surface area contributed by atoms with E-state index in [-0.39, 0.29) is 42.2 Å². The fourth-order valence-electron chi connectivity index (χ4n) is 5.08. The van der Waals surface area contributed by atoms with E-state index in [1.165, 1.54) is 4.31 Å². The molecule has 0 bridgehead atoms. The van der Waals surface area contributed by atoms with Crippen LogP contribution in [0.2, 0.25) is 0 Å². The maximum atomic E-state index is 13.6. The third-order valence-corrected chi connectivity index (χ3v) is 8.90. The highest BCUT2D eigenvalue weighted by Gasteiger charge is 2.36. The van der Waals surface area contributed by atoms with Crippen LogP contribution in [-0.4, -0.2) is 52.4 Å². The van der Waals surface area contributed by atoms with Crippen LogP contribution in [0.15, 0.2) is 23.1 Å². The van der Waals surface area contributed by atoms with Gasteiger partial charge in [0, 0.05) is 37.9 Å². The highest BCUT2D eigenvalue weighted by atomic mass is 32.2. The van der Waals surface area contributed by atoms with Gasteiger partial charge >= 0.3 is 5.97 Å². The highest BCUT2D eigenvalue weighted by molar-refractivity contribution is 7.89. The summed E-state index contributed by atoms with van der Waals surface area (Å²) in [5.74, 6) is -3.37. The van der Waals surface area contributed by atoms with Crippen LogP contribution in [0.4, 0.5) is 8.78 Å². The molecular weight excluding hydrogens is 464 g/mol. The van der Waals surface area contributed by atoms with E-state index in [4.69, 9.17) is 4.98 Å². The zero-order chi connectivity index (χ0) is 24.9. The molecule has 1 aliphatic carbocycles. The van der Waals surface area contributed by atoms with Gasteiger partial charge in [-0.05, 0) is 49.8 Å². The molecule has 1 aromatic carbocycles. The summed E-state index contributed by atoms with van der Waals surface area (Å²) in [7, 11) is -3.86. The Kier molecular flexibility index (Phi) is 6.52. The van der Waals surface area contributed by atoms with Crippen molar-refractivity contribution in [3.63, 3.8) is 0 Å². The summed E-state index contributed by atoms with van der Waals surface area (Å²) in [4.78, 5) is 16.3. The van der Waals surface area contributed by atoms with Crippen LogP contribution in [0.1, 0.15) is 65.1 Å². The molecule has 34 heavy (non-hydrogen) atoms. The van der Waals surface area contributed by atoms with E-state index in [9.17, 15) is 27.1 Å². The number of rotatable bonds is 5.